The van der Waals surface area contributed by atoms with Crippen molar-refractivity contribution in [3.05, 3.63) is 75.2 Å². The standard InChI is InChI=1S/C25H24F3N3O3S/c1-15-3-8-19(34-2)13-20(15)23(32)30-18-6-4-16(5-7-18)17-9-11-31(12-10-17)24(33)21-22(25(26,27)28)29-14-35-21/h3-8,13-14,17H,9-12H2,1-2H3,(H,30,32). The number of amides is 2. The Morgan fingerprint density at radius 3 is 2.43 bits per heavy atom. The molecule has 1 aromatic heterocycles. The quantitative estimate of drug-likeness (QED) is 0.481. The van der Waals surface area contributed by atoms with E-state index in [2.05, 4.69) is 10.3 Å². The molecule has 35 heavy (non-hydrogen) atoms. The number of aryl methyl sites for hydroxylation is 1. The van der Waals surface area contributed by atoms with Crippen LogP contribution in [0.1, 0.15) is 55.6 Å². The maximum atomic E-state index is 13.1. The Labute approximate surface area is 204 Å². The molecule has 0 spiro atoms. The van der Waals surface area contributed by atoms with E-state index in [9.17, 15) is 22.8 Å². The number of rotatable bonds is 5. The number of piperidine rings is 1. The van der Waals surface area contributed by atoms with Crippen molar-refractivity contribution in [2.45, 2.75) is 31.9 Å². The van der Waals surface area contributed by atoms with E-state index in [0.29, 0.717) is 42.9 Å². The number of nitrogens with zero attached hydrogens (tertiary/aromatic N) is 2. The number of thiazole rings is 1. The Bertz CT molecular complexity index is 1220. The number of carbonyl (C=O) groups excluding carboxylic acids is 2. The summed E-state index contributed by atoms with van der Waals surface area (Å²) in [5.74, 6) is -0.0784. The Kier molecular flexibility index (Phi) is 7.11. The van der Waals surface area contributed by atoms with Crippen molar-refractivity contribution in [3.63, 3.8) is 0 Å². The topological polar surface area (TPSA) is 71.5 Å². The molecule has 1 saturated heterocycles. The van der Waals surface area contributed by atoms with Gasteiger partial charge in [0.15, 0.2) is 5.69 Å². The maximum Gasteiger partial charge on any atom is 0.434 e. The van der Waals surface area contributed by atoms with Gasteiger partial charge in [0.25, 0.3) is 11.8 Å². The van der Waals surface area contributed by atoms with E-state index in [1.807, 2.05) is 37.3 Å². The summed E-state index contributed by atoms with van der Waals surface area (Å²) in [6, 6.07) is 12.8. The van der Waals surface area contributed by atoms with Crippen LogP contribution in [0.4, 0.5) is 18.9 Å². The third-order valence-electron chi connectivity index (χ3n) is 6.14. The first-order valence-corrected chi connectivity index (χ1v) is 11.9. The minimum atomic E-state index is -4.65. The molecule has 2 aromatic carbocycles. The first-order valence-electron chi connectivity index (χ1n) is 11.0. The van der Waals surface area contributed by atoms with Crippen molar-refractivity contribution in [1.29, 1.82) is 0 Å². The molecule has 6 nitrogen and oxygen atoms in total. The molecule has 0 unspecified atom stereocenters. The fourth-order valence-corrected chi connectivity index (χ4v) is 4.94. The predicted octanol–water partition coefficient (Wildman–Crippen LogP) is 5.75. The van der Waals surface area contributed by atoms with Crippen LogP contribution in [0.5, 0.6) is 5.75 Å². The smallest absolute Gasteiger partial charge is 0.434 e. The number of alkyl halides is 3. The number of carbonyl (C=O) groups is 2. The second-order valence-electron chi connectivity index (χ2n) is 8.35. The van der Waals surface area contributed by atoms with Gasteiger partial charge in [-0.3, -0.25) is 9.59 Å². The van der Waals surface area contributed by atoms with E-state index in [4.69, 9.17) is 4.74 Å². The van der Waals surface area contributed by atoms with Gasteiger partial charge in [-0.2, -0.15) is 13.2 Å². The fraction of sp³-hybridized carbons (Fsp3) is 0.320. The van der Waals surface area contributed by atoms with Crippen LogP contribution in [-0.4, -0.2) is 41.9 Å². The highest BCUT2D eigenvalue weighted by Gasteiger charge is 2.39. The summed E-state index contributed by atoms with van der Waals surface area (Å²) >= 11 is 0.719. The van der Waals surface area contributed by atoms with Crippen molar-refractivity contribution in [2.24, 2.45) is 0 Å². The van der Waals surface area contributed by atoms with Crippen LogP contribution in [-0.2, 0) is 6.18 Å². The highest BCUT2D eigenvalue weighted by molar-refractivity contribution is 7.11. The zero-order chi connectivity index (χ0) is 25.2. The van der Waals surface area contributed by atoms with Crippen LogP contribution in [0.3, 0.4) is 0 Å². The number of ether oxygens (including phenoxy) is 1. The number of benzene rings is 2. The van der Waals surface area contributed by atoms with Crippen molar-refractivity contribution in [3.8, 4) is 5.75 Å². The monoisotopic (exact) mass is 503 g/mol. The number of nitrogens with one attached hydrogen (secondary N) is 1. The third kappa shape index (κ3) is 5.48. The second-order valence-corrected chi connectivity index (χ2v) is 9.21. The molecule has 2 heterocycles. The minimum Gasteiger partial charge on any atom is -0.497 e. The first kappa shape index (κ1) is 24.7. The Balaban J connectivity index is 1.36. The summed E-state index contributed by atoms with van der Waals surface area (Å²) in [6.45, 7) is 2.59. The third-order valence-corrected chi connectivity index (χ3v) is 6.96. The average molecular weight is 504 g/mol. The van der Waals surface area contributed by atoms with Crippen LogP contribution in [0.2, 0.25) is 0 Å². The van der Waals surface area contributed by atoms with Crippen LogP contribution >= 0.6 is 11.3 Å². The van der Waals surface area contributed by atoms with Gasteiger partial charge >= 0.3 is 6.18 Å². The number of likely N-dealkylation sites (tertiary alicyclic amines) is 1. The summed E-state index contributed by atoms with van der Waals surface area (Å²) in [6.07, 6.45) is -3.37. The van der Waals surface area contributed by atoms with Crippen LogP contribution in [0, 0.1) is 6.92 Å². The molecule has 4 rings (SSSR count). The summed E-state index contributed by atoms with van der Waals surface area (Å²) < 4.78 is 44.5. The van der Waals surface area contributed by atoms with E-state index in [-0.39, 0.29) is 16.7 Å². The van der Waals surface area contributed by atoms with Crippen molar-refractivity contribution < 1.29 is 27.5 Å². The molecule has 0 bridgehead atoms. The number of anilines is 1. The Morgan fingerprint density at radius 2 is 1.80 bits per heavy atom. The second kappa shape index (κ2) is 10.1. The van der Waals surface area contributed by atoms with Gasteiger partial charge in [0, 0.05) is 24.3 Å². The molecule has 0 atom stereocenters. The molecule has 1 fully saturated rings. The highest BCUT2D eigenvalue weighted by Crippen LogP contribution is 2.35. The number of halogens is 3. The summed E-state index contributed by atoms with van der Waals surface area (Å²) in [4.78, 5) is 29.8. The predicted molar refractivity (Wildman–Crippen MR) is 127 cm³/mol. The Hall–Kier alpha value is -3.40. The largest absolute Gasteiger partial charge is 0.497 e. The van der Waals surface area contributed by atoms with E-state index in [0.717, 1.165) is 28.0 Å². The molecule has 2 amide bonds. The van der Waals surface area contributed by atoms with Gasteiger partial charge in [0.05, 0.1) is 12.6 Å². The van der Waals surface area contributed by atoms with Gasteiger partial charge in [-0.1, -0.05) is 18.2 Å². The summed E-state index contributed by atoms with van der Waals surface area (Å²) in [7, 11) is 1.55. The zero-order valence-corrected chi connectivity index (χ0v) is 20.0. The average Bonchev–Trinajstić information content (AvgIpc) is 3.35. The molecular formula is C25H24F3N3O3S. The molecule has 1 aliphatic rings. The number of aromatic nitrogens is 1. The Morgan fingerprint density at radius 1 is 1.11 bits per heavy atom. The maximum absolute atomic E-state index is 13.1. The molecule has 10 heteroatoms. The normalized spacial score (nSPS) is 14.6. The van der Waals surface area contributed by atoms with Gasteiger partial charge in [-0.05, 0) is 61.1 Å². The highest BCUT2D eigenvalue weighted by atomic mass is 32.1. The first-order chi connectivity index (χ1) is 16.7. The SMILES string of the molecule is COc1ccc(C)c(C(=O)Nc2ccc(C3CCN(C(=O)c4scnc4C(F)(F)F)CC3)cc2)c1. The van der Waals surface area contributed by atoms with Crippen molar-refractivity contribution in [2.75, 3.05) is 25.5 Å². The van der Waals surface area contributed by atoms with Gasteiger partial charge in [-0.25, -0.2) is 4.98 Å². The van der Waals surface area contributed by atoms with E-state index in [1.165, 1.54) is 4.90 Å². The van der Waals surface area contributed by atoms with Crippen LogP contribution < -0.4 is 10.1 Å². The number of methoxy groups -OCH3 is 1. The van der Waals surface area contributed by atoms with Crippen LogP contribution in [0.25, 0.3) is 0 Å². The van der Waals surface area contributed by atoms with Gasteiger partial charge in [-0.15, -0.1) is 11.3 Å². The molecule has 0 saturated carbocycles. The van der Waals surface area contributed by atoms with Gasteiger partial charge in [0.1, 0.15) is 10.6 Å². The van der Waals surface area contributed by atoms with E-state index >= 15 is 0 Å². The van der Waals surface area contributed by atoms with E-state index in [1.54, 1.807) is 19.2 Å². The minimum absolute atomic E-state index is 0.174. The molecule has 3 aromatic rings. The molecule has 184 valence electrons. The zero-order valence-electron chi connectivity index (χ0n) is 19.2. The number of hydrogen-bond donors (Lipinski definition) is 1. The number of hydrogen-bond acceptors (Lipinski definition) is 5. The fourth-order valence-electron chi connectivity index (χ4n) is 4.17. The lowest BCUT2D eigenvalue weighted by molar-refractivity contribution is -0.141. The van der Waals surface area contributed by atoms with Gasteiger partial charge in [0.2, 0.25) is 0 Å². The molecular weight excluding hydrogens is 479 g/mol. The summed E-state index contributed by atoms with van der Waals surface area (Å²) in [5, 5.41) is 2.89. The van der Waals surface area contributed by atoms with Gasteiger partial charge < -0.3 is 15.0 Å². The van der Waals surface area contributed by atoms with Crippen molar-refractivity contribution in [1.82, 2.24) is 9.88 Å². The lowest BCUT2D eigenvalue weighted by Crippen LogP contribution is -2.38. The lowest BCUT2D eigenvalue weighted by Gasteiger charge is -2.32. The lowest BCUT2D eigenvalue weighted by atomic mass is 9.89. The van der Waals surface area contributed by atoms with Crippen LogP contribution in [0.15, 0.2) is 48.0 Å². The molecule has 0 aliphatic carbocycles. The molecule has 1 aliphatic heterocycles. The summed E-state index contributed by atoms with van der Waals surface area (Å²) in [5.41, 5.74) is 3.01. The van der Waals surface area contributed by atoms with E-state index < -0.39 is 17.8 Å². The van der Waals surface area contributed by atoms with Crippen molar-refractivity contribution >= 4 is 28.8 Å². The molecule has 0 radical (unpaired) electrons. The molecule has 1 N–H and O–H groups in total.